The number of rotatable bonds is 10. The number of likely N-dealkylation sites (tertiary alicyclic amines) is 1. The summed E-state index contributed by atoms with van der Waals surface area (Å²) in [5.74, 6) is 2.02. The van der Waals surface area contributed by atoms with Gasteiger partial charge in [-0.2, -0.15) is 0 Å². The monoisotopic (exact) mass is 721 g/mol. The summed E-state index contributed by atoms with van der Waals surface area (Å²) in [5.41, 5.74) is 3.01. The second-order valence-electron chi connectivity index (χ2n) is 15.9. The molecule has 1 saturated heterocycles. The Morgan fingerprint density at radius 3 is 2.49 bits per heavy atom. The van der Waals surface area contributed by atoms with Gasteiger partial charge in [0.25, 0.3) is 0 Å². The maximum Gasteiger partial charge on any atom is 0.320 e. The molecule has 5 N–H and O–H groups in total. The number of hydrogen-bond acceptors (Lipinski definition) is 8. The molecule has 53 heavy (non-hydrogen) atoms. The minimum Gasteiger partial charge on any atom is -0.492 e. The molecule has 3 aliphatic rings. The summed E-state index contributed by atoms with van der Waals surface area (Å²) in [6.45, 7) is 8.11. The number of fused-ring (bicyclic) bond motifs is 1. The lowest BCUT2D eigenvalue weighted by Crippen LogP contribution is -2.50. The van der Waals surface area contributed by atoms with Gasteiger partial charge in [0, 0.05) is 36.8 Å². The van der Waals surface area contributed by atoms with Crippen molar-refractivity contribution in [1.29, 1.82) is 16.2 Å². The van der Waals surface area contributed by atoms with E-state index in [9.17, 15) is 4.79 Å². The van der Waals surface area contributed by atoms with E-state index >= 15 is 0 Å². The molecular weight excluding hydrogens is 667 g/mol. The number of amides is 2. The lowest BCUT2D eigenvalue weighted by atomic mass is 9.85. The zero-order valence-corrected chi connectivity index (χ0v) is 31.8. The number of urea groups is 1. The maximum atomic E-state index is 13.6. The number of nitrogens with zero attached hydrogens (tertiary/aromatic N) is 4. The number of amidine groups is 1. The van der Waals surface area contributed by atoms with Crippen LogP contribution in [0.3, 0.4) is 0 Å². The number of aliphatic imine (C=N–C) groups is 1. The van der Waals surface area contributed by atoms with E-state index in [0.29, 0.717) is 54.1 Å². The van der Waals surface area contributed by atoms with E-state index in [0.717, 1.165) is 49.9 Å². The largest absolute Gasteiger partial charge is 0.492 e. The van der Waals surface area contributed by atoms with Crippen molar-refractivity contribution < 1.29 is 14.3 Å². The molecule has 2 aromatic carbocycles. The van der Waals surface area contributed by atoms with E-state index in [1.807, 2.05) is 83.4 Å². The average molecular weight is 722 g/mol. The summed E-state index contributed by atoms with van der Waals surface area (Å²) in [6.07, 6.45) is 8.61. The van der Waals surface area contributed by atoms with Gasteiger partial charge in [-0.25, -0.2) is 9.79 Å². The van der Waals surface area contributed by atoms with Crippen LogP contribution in [-0.4, -0.2) is 77.2 Å². The first-order chi connectivity index (χ1) is 25.3. The van der Waals surface area contributed by atoms with Crippen LogP contribution in [-0.2, 0) is 0 Å². The van der Waals surface area contributed by atoms with Gasteiger partial charge in [0.2, 0.25) is 5.96 Å². The third-order valence-corrected chi connectivity index (χ3v) is 10.5. The molecule has 2 fully saturated rings. The van der Waals surface area contributed by atoms with Crippen LogP contribution in [0.5, 0.6) is 11.5 Å². The molecule has 2 unspecified atom stereocenters. The van der Waals surface area contributed by atoms with E-state index in [1.54, 1.807) is 22.9 Å². The molecule has 2 atom stereocenters. The Bertz CT molecular complexity index is 1910. The van der Waals surface area contributed by atoms with Crippen molar-refractivity contribution in [3.05, 3.63) is 83.5 Å². The molecule has 6 rings (SSSR count). The highest BCUT2D eigenvalue weighted by atomic mass is 16.5. The van der Waals surface area contributed by atoms with Gasteiger partial charge in [-0.05, 0) is 99.8 Å². The quantitative estimate of drug-likeness (QED) is 0.111. The summed E-state index contributed by atoms with van der Waals surface area (Å²) < 4.78 is 14.1. The fourth-order valence-electron chi connectivity index (χ4n) is 7.15. The molecule has 1 saturated carbocycles. The predicted octanol–water partition coefficient (Wildman–Crippen LogP) is 7.15. The first-order valence-corrected chi connectivity index (χ1v) is 18.8. The van der Waals surface area contributed by atoms with Gasteiger partial charge in [-0.3, -0.25) is 20.7 Å². The van der Waals surface area contributed by atoms with Crippen molar-refractivity contribution in [1.82, 2.24) is 25.0 Å². The van der Waals surface area contributed by atoms with Crippen LogP contribution in [0, 0.1) is 21.6 Å². The summed E-state index contributed by atoms with van der Waals surface area (Å²) in [4.78, 5) is 22.7. The topological polar surface area (TPSA) is 155 Å². The fraction of sp³-hybridized carbons (Fsp3) is 0.488. The van der Waals surface area contributed by atoms with Crippen LogP contribution in [0.1, 0.15) is 95.4 Å². The second kappa shape index (κ2) is 16.0. The first kappa shape index (κ1) is 37.8. The second-order valence-corrected chi connectivity index (χ2v) is 15.9. The third kappa shape index (κ3) is 9.34. The Morgan fingerprint density at radius 1 is 0.981 bits per heavy atom. The van der Waals surface area contributed by atoms with Gasteiger partial charge in [-0.1, -0.05) is 51.1 Å². The SMILES string of the molecule is CN(C)CCOc1cccc(N=C(CC(=N)C(C)(C)C)NC(=O)NC2CCC(Oc3ccc(=N)n(C(=N)N4CCCCC45CC5)c3)c3ccccc32)c1. The van der Waals surface area contributed by atoms with Crippen molar-refractivity contribution in [2.24, 2.45) is 10.4 Å². The van der Waals surface area contributed by atoms with Crippen LogP contribution in [0.4, 0.5) is 10.5 Å². The van der Waals surface area contributed by atoms with Crippen molar-refractivity contribution in [2.45, 2.75) is 89.8 Å². The highest BCUT2D eigenvalue weighted by Crippen LogP contribution is 2.48. The van der Waals surface area contributed by atoms with E-state index in [4.69, 9.17) is 30.7 Å². The molecule has 2 heterocycles. The number of aromatic nitrogens is 1. The Hall–Kier alpha value is -4.97. The van der Waals surface area contributed by atoms with Crippen molar-refractivity contribution in [3.8, 4) is 11.5 Å². The Morgan fingerprint density at radius 2 is 1.75 bits per heavy atom. The van der Waals surface area contributed by atoms with E-state index in [1.165, 1.54) is 6.42 Å². The van der Waals surface area contributed by atoms with E-state index in [-0.39, 0.29) is 41.0 Å². The van der Waals surface area contributed by atoms with E-state index < -0.39 is 0 Å². The number of carbonyl (C=O) groups excluding carboxylic acids is 1. The third-order valence-electron chi connectivity index (χ3n) is 10.5. The van der Waals surface area contributed by atoms with Crippen molar-refractivity contribution >= 4 is 29.2 Å². The highest BCUT2D eigenvalue weighted by Gasteiger charge is 2.50. The van der Waals surface area contributed by atoms with Gasteiger partial charge >= 0.3 is 6.03 Å². The van der Waals surface area contributed by atoms with Crippen molar-refractivity contribution in [3.63, 3.8) is 0 Å². The number of ether oxygens (including phenoxy) is 2. The Kier molecular flexibility index (Phi) is 11.4. The zero-order valence-electron chi connectivity index (χ0n) is 31.8. The van der Waals surface area contributed by atoms with Crippen molar-refractivity contribution in [2.75, 3.05) is 33.8 Å². The predicted molar refractivity (Wildman–Crippen MR) is 209 cm³/mol. The molecular formula is C41H55N9O3. The number of benzene rings is 2. The summed E-state index contributed by atoms with van der Waals surface area (Å²) >= 11 is 0. The molecule has 0 radical (unpaired) electrons. The average Bonchev–Trinajstić information content (AvgIpc) is 3.88. The molecule has 0 bridgehead atoms. The summed E-state index contributed by atoms with van der Waals surface area (Å²) in [6, 6.07) is 18.3. The zero-order chi connectivity index (χ0) is 37.8. The molecule has 1 spiro atoms. The molecule has 1 aromatic heterocycles. The number of piperidine rings is 1. The van der Waals surface area contributed by atoms with Crippen LogP contribution in [0.2, 0.25) is 0 Å². The smallest absolute Gasteiger partial charge is 0.320 e. The van der Waals surface area contributed by atoms with Crippen LogP contribution in [0.25, 0.3) is 0 Å². The lowest BCUT2D eigenvalue weighted by molar-refractivity contribution is 0.170. The minimum atomic E-state index is -0.389. The molecule has 12 nitrogen and oxygen atoms in total. The maximum absolute atomic E-state index is 13.6. The normalized spacial score (nSPS) is 19.4. The molecule has 12 heteroatoms. The van der Waals surface area contributed by atoms with Gasteiger partial charge in [-0.15, -0.1) is 0 Å². The highest BCUT2D eigenvalue weighted by molar-refractivity contribution is 6.09. The molecule has 2 amide bonds. The van der Waals surface area contributed by atoms with Gasteiger partial charge in [0.15, 0.2) is 0 Å². The number of likely N-dealkylation sites (N-methyl/N-ethyl adjacent to an activating group) is 1. The Balaban J connectivity index is 1.15. The number of nitrogens with one attached hydrogen (secondary N) is 5. The van der Waals surface area contributed by atoms with Gasteiger partial charge < -0.3 is 30.0 Å². The van der Waals surface area contributed by atoms with Gasteiger partial charge in [0.05, 0.1) is 17.9 Å². The Labute approximate surface area is 313 Å². The fourth-order valence-corrected chi connectivity index (χ4v) is 7.15. The van der Waals surface area contributed by atoms with E-state index in [2.05, 4.69) is 20.4 Å². The number of carbonyl (C=O) groups is 1. The standard InChI is InChI=1S/C41H55N9O3/c1-40(2,3)35(42)26-37(45-28-11-10-12-29(25-28)52-24-23-48(4)5)47-39(51)46-33-16-17-34(32-14-7-6-13-31(32)33)53-30-15-18-36(43)49(27-30)38(44)50-22-9-8-19-41(50)20-21-41/h6-7,10-15,18,25,27,33-34,42-44H,8-9,16-17,19-24,26H2,1-5H3,(H2,45,46,47,51). The van der Waals surface area contributed by atoms with Gasteiger partial charge in [0.1, 0.15) is 35.5 Å². The summed E-state index contributed by atoms with van der Waals surface area (Å²) in [5, 5.41) is 32.5. The van der Waals surface area contributed by atoms with Crippen LogP contribution in [0.15, 0.2) is 71.9 Å². The van der Waals surface area contributed by atoms with Crippen LogP contribution >= 0.6 is 0 Å². The number of hydrogen-bond donors (Lipinski definition) is 5. The molecule has 2 aliphatic carbocycles. The summed E-state index contributed by atoms with van der Waals surface area (Å²) in [7, 11) is 3.99. The molecule has 1 aliphatic heterocycles. The first-order valence-electron chi connectivity index (χ1n) is 18.8. The van der Waals surface area contributed by atoms with Crippen LogP contribution < -0.4 is 25.6 Å². The number of pyridine rings is 1. The minimum absolute atomic E-state index is 0.0921. The molecule has 282 valence electrons. The molecule has 3 aromatic rings. The lowest BCUT2D eigenvalue weighted by Gasteiger charge is -2.38.